The number of carbonyl (C=O) groups is 1. The highest BCUT2D eigenvalue weighted by atomic mass is 35.5. The smallest absolute Gasteiger partial charge is 0.309 e. The minimum atomic E-state index is -0.694. The molecule has 136 valence electrons. The van der Waals surface area contributed by atoms with Crippen molar-refractivity contribution in [1.82, 2.24) is 0 Å². The fourth-order valence-electron chi connectivity index (χ4n) is 2.71. The quantitative estimate of drug-likeness (QED) is 0.752. The largest absolute Gasteiger partial charge is 0.488 e. The number of rotatable bonds is 5. The molecule has 1 aliphatic heterocycles. The molecule has 0 spiro atoms. The van der Waals surface area contributed by atoms with Gasteiger partial charge in [0, 0.05) is 17.0 Å². The molecule has 0 bridgehead atoms. The van der Waals surface area contributed by atoms with E-state index in [0.717, 1.165) is 5.56 Å². The molecule has 0 radical (unpaired) electrons. The van der Waals surface area contributed by atoms with E-state index in [4.69, 9.17) is 32.7 Å². The first-order chi connectivity index (χ1) is 12.5. The number of hydrogen-bond acceptors (Lipinski definition) is 4. The van der Waals surface area contributed by atoms with E-state index in [1.807, 2.05) is 30.3 Å². The van der Waals surface area contributed by atoms with Crippen LogP contribution in [-0.2, 0) is 16.1 Å². The van der Waals surface area contributed by atoms with Gasteiger partial charge in [0.1, 0.15) is 18.5 Å². The molecule has 26 heavy (non-hydrogen) atoms. The van der Waals surface area contributed by atoms with E-state index in [1.54, 1.807) is 24.3 Å². The van der Waals surface area contributed by atoms with Gasteiger partial charge in [-0.3, -0.25) is 4.79 Å². The number of carbonyl (C=O) groups excluding carboxylic acids is 1. The van der Waals surface area contributed by atoms with Crippen molar-refractivity contribution in [2.75, 3.05) is 0 Å². The zero-order valence-corrected chi connectivity index (χ0v) is 15.4. The molecule has 2 aromatic carbocycles. The molecule has 0 unspecified atom stereocenters. The topological polar surface area (TPSA) is 55.8 Å². The van der Waals surface area contributed by atoms with Gasteiger partial charge in [-0.15, -0.1) is 0 Å². The SMILES string of the molecule is O=C1C[C@H](O)C[C@@H](C=Cc2c(Cl)cc(Cl)cc2OCc2ccccc2)O1. The Kier molecular flexibility index (Phi) is 6.20. The van der Waals surface area contributed by atoms with Gasteiger partial charge in [0.2, 0.25) is 0 Å². The highest BCUT2D eigenvalue weighted by molar-refractivity contribution is 6.35. The van der Waals surface area contributed by atoms with Gasteiger partial charge < -0.3 is 14.6 Å². The van der Waals surface area contributed by atoms with E-state index < -0.39 is 18.2 Å². The third kappa shape index (κ3) is 5.01. The molecule has 0 amide bonds. The first-order valence-corrected chi connectivity index (χ1v) is 8.98. The molecule has 1 heterocycles. The fourth-order valence-corrected chi connectivity index (χ4v) is 3.25. The molecular weight excluding hydrogens is 375 g/mol. The minimum Gasteiger partial charge on any atom is -0.488 e. The average Bonchev–Trinajstić information content (AvgIpc) is 2.59. The highest BCUT2D eigenvalue weighted by Gasteiger charge is 2.25. The number of cyclic esters (lactones) is 1. The molecule has 2 atom stereocenters. The Bertz CT molecular complexity index is 805. The van der Waals surface area contributed by atoms with E-state index in [0.29, 0.717) is 34.4 Å². The van der Waals surface area contributed by atoms with Crippen molar-refractivity contribution in [2.45, 2.75) is 31.7 Å². The summed E-state index contributed by atoms with van der Waals surface area (Å²) in [6, 6.07) is 13.1. The summed E-state index contributed by atoms with van der Waals surface area (Å²) < 4.78 is 11.1. The van der Waals surface area contributed by atoms with Crippen molar-refractivity contribution in [3.63, 3.8) is 0 Å². The van der Waals surface area contributed by atoms with Gasteiger partial charge in [0.15, 0.2) is 0 Å². The van der Waals surface area contributed by atoms with Crippen molar-refractivity contribution in [3.8, 4) is 5.75 Å². The highest BCUT2D eigenvalue weighted by Crippen LogP contribution is 2.33. The maximum Gasteiger partial charge on any atom is 0.309 e. The molecule has 3 rings (SSSR count). The van der Waals surface area contributed by atoms with Gasteiger partial charge in [-0.05, 0) is 23.8 Å². The van der Waals surface area contributed by atoms with Gasteiger partial charge in [0.25, 0.3) is 0 Å². The van der Waals surface area contributed by atoms with Crippen LogP contribution >= 0.6 is 23.2 Å². The van der Waals surface area contributed by atoms with Crippen LogP contribution in [-0.4, -0.2) is 23.3 Å². The Morgan fingerprint density at radius 3 is 2.73 bits per heavy atom. The van der Waals surface area contributed by atoms with Crippen molar-refractivity contribution in [3.05, 3.63) is 69.7 Å². The molecule has 1 fully saturated rings. The Balaban J connectivity index is 1.79. The van der Waals surface area contributed by atoms with Gasteiger partial charge >= 0.3 is 5.97 Å². The van der Waals surface area contributed by atoms with Crippen LogP contribution < -0.4 is 4.74 Å². The maximum absolute atomic E-state index is 11.4. The number of benzene rings is 2. The lowest BCUT2D eigenvalue weighted by molar-refractivity contribution is -0.156. The summed E-state index contributed by atoms with van der Waals surface area (Å²) in [6.07, 6.45) is 2.62. The molecule has 0 aromatic heterocycles. The first-order valence-electron chi connectivity index (χ1n) is 8.23. The van der Waals surface area contributed by atoms with Crippen LogP contribution in [0.5, 0.6) is 5.75 Å². The number of esters is 1. The van der Waals surface area contributed by atoms with E-state index in [9.17, 15) is 9.90 Å². The summed E-state index contributed by atoms with van der Waals surface area (Å²) in [6.45, 7) is 0.371. The van der Waals surface area contributed by atoms with E-state index in [-0.39, 0.29) is 6.42 Å². The van der Waals surface area contributed by atoms with Gasteiger partial charge in [-0.1, -0.05) is 59.6 Å². The zero-order chi connectivity index (χ0) is 18.5. The minimum absolute atomic E-state index is 0.0253. The predicted molar refractivity (Wildman–Crippen MR) is 101 cm³/mol. The molecule has 1 aliphatic rings. The Morgan fingerprint density at radius 1 is 1.23 bits per heavy atom. The molecule has 6 heteroatoms. The van der Waals surface area contributed by atoms with Crippen molar-refractivity contribution < 1.29 is 19.4 Å². The Labute approximate surface area is 162 Å². The second kappa shape index (κ2) is 8.58. The second-order valence-electron chi connectivity index (χ2n) is 6.05. The van der Waals surface area contributed by atoms with Crippen LogP contribution in [0.1, 0.15) is 24.0 Å². The van der Waals surface area contributed by atoms with Crippen molar-refractivity contribution in [1.29, 1.82) is 0 Å². The normalized spacial score (nSPS) is 20.2. The first kappa shape index (κ1) is 18.8. The molecule has 4 nitrogen and oxygen atoms in total. The van der Waals surface area contributed by atoms with Gasteiger partial charge in [-0.2, -0.15) is 0 Å². The number of aliphatic hydroxyl groups is 1. The van der Waals surface area contributed by atoms with Crippen LogP contribution in [0.2, 0.25) is 10.0 Å². The lowest BCUT2D eigenvalue weighted by Crippen LogP contribution is -2.31. The summed E-state index contributed by atoms with van der Waals surface area (Å²) in [7, 11) is 0. The summed E-state index contributed by atoms with van der Waals surface area (Å²) in [5, 5.41) is 10.6. The van der Waals surface area contributed by atoms with E-state index in [2.05, 4.69) is 0 Å². The number of ether oxygens (including phenoxy) is 2. The molecular formula is C20H18Cl2O4. The molecule has 1 N–H and O–H groups in total. The summed E-state index contributed by atoms with van der Waals surface area (Å²) in [5.41, 5.74) is 1.66. The van der Waals surface area contributed by atoms with Crippen LogP contribution in [0.4, 0.5) is 0 Å². The van der Waals surface area contributed by atoms with Crippen LogP contribution in [0.15, 0.2) is 48.5 Å². The summed E-state index contributed by atoms with van der Waals surface area (Å²) in [4.78, 5) is 11.4. The third-order valence-corrected chi connectivity index (χ3v) is 4.49. The Hall–Kier alpha value is -2.01. The summed E-state index contributed by atoms with van der Waals surface area (Å²) >= 11 is 12.4. The zero-order valence-electron chi connectivity index (χ0n) is 13.9. The molecule has 0 aliphatic carbocycles. The predicted octanol–water partition coefficient (Wildman–Crippen LogP) is 4.65. The maximum atomic E-state index is 11.4. The van der Waals surface area contributed by atoms with Crippen LogP contribution in [0, 0.1) is 0 Å². The second-order valence-corrected chi connectivity index (χ2v) is 6.90. The Morgan fingerprint density at radius 2 is 2.00 bits per heavy atom. The number of halogens is 2. The molecule has 1 saturated heterocycles. The van der Waals surface area contributed by atoms with E-state index in [1.165, 1.54) is 0 Å². The van der Waals surface area contributed by atoms with Crippen molar-refractivity contribution >= 4 is 35.2 Å². The standard InChI is InChI=1S/C20H18Cl2O4/c21-14-8-18(22)17(7-6-16-10-15(23)11-20(24)26-16)19(9-14)25-12-13-4-2-1-3-5-13/h1-9,15-16,23H,10-12H2/t15-,16-/m1/s1. The van der Waals surface area contributed by atoms with Crippen LogP contribution in [0.3, 0.4) is 0 Å². The lowest BCUT2D eigenvalue weighted by atomic mass is 10.0. The van der Waals surface area contributed by atoms with Crippen LogP contribution in [0.25, 0.3) is 6.08 Å². The van der Waals surface area contributed by atoms with Gasteiger partial charge in [0.05, 0.1) is 17.5 Å². The van der Waals surface area contributed by atoms with E-state index >= 15 is 0 Å². The molecule has 0 saturated carbocycles. The number of hydrogen-bond donors (Lipinski definition) is 1. The van der Waals surface area contributed by atoms with Gasteiger partial charge in [-0.25, -0.2) is 0 Å². The third-order valence-electron chi connectivity index (χ3n) is 3.96. The number of aliphatic hydroxyl groups excluding tert-OH is 1. The lowest BCUT2D eigenvalue weighted by Gasteiger charge is -2.23. The average molecular weight is 393 g/mol. The summed E-state index contributed by atoms with van der Waals surface area (Å²) in [5.74, 6) is 0.117. The molecule has 2 aromatic rings. The monoisotopic (exact) mass is 392 g/mol. The van der Waals surface area contributed by atoms with Crippen molar-refractivity contribution in [2.24, 2.45) is 0 Å². The fraction of sp³-hybridized carbons (Fsp3) is 0.250.